The monoisotopic (exact) mass is 289 g/mol. The molecule has 0 aliphatic heterocycles. The van der Waals surface area contributed by atoms with Gasteiger partial charge in [0.05, 0.1) is 11.5 Å². The summed E-state index contributed by atoms with van der Waals surface area (Å²) in [5, 5.41) is 11.1. The Morgan fingerprint density at radius 3 is 2.45 bits per heavy atom. The summed E-state index contributed by atoms with van der Waals surface area (Å²) in [6, 6.07) is 1.44. The highest BCUT2D eigenvalue weighted by molar-refractivity contribution is 5.94. The third-order valence-electron chi connectivity index (χ3n) is 2.78. The van der Waals surface area contributed by atoms with Crippen LogP contribution in [0, 0.1) is 23.4 Å². The number of nitrogens with one attached hydrogen (secondary N) is 1. The van der Waals surface area contributed by atoms with Gasteiger partial charge < -0.3 is 10.4 Å². The molecule has 1 amide bonds. The van der Waals surface area contributed by atoms with E-state index in [-0.39, 0.29) is 6.54 Å². The average Bonchev–Trinajstić information content (AvgIpc) is 2.40. The second-order valence-electron chi connectivity index (χ2n) is 4.26. The zero-order valence-electron chi connectivity index (χ0n) is 10.8. The molecule has 0 heterocycles. The number of amides is 1. The van der Waals surface area contributed by atoms with Gasteiger partial charge in [-0.25, -0.2) is 13.2 Å². The number of rotatable bonds is 6. The van der Waals surface area contributed by atoms with Gasteiger partial charge in [-0.15, -0.1) is 0 Å². The van der Waals surface area contributed by atoms with E-state index in [4.69, 9.17) is 5.11 Å². The van der Waals surface area contributed by atoms with Crippen molar-refractivity contribution in [2.45, 2.75) is 19.8 Å². The van der Waals surface area contributed by atoms with Crippen molar-refractivity contribution in [1.29, 1.82) is 0 Å². The van der Waals surface area contributed by atoms with Crippen LogP contribution < -0.4 is 5.32 Å². The van der Waals surface area contributed by atoms with E-state index < -0.39 is 40.8 Å². The van der Waals surface area contributed by atoms with E-state index in [1.807, 2.05) is 0 Å². The van der Waals surface area contributed by atoms with Crippen molar-refractivity contribution in [2.75, 3.05) is 6.54 Å². The highest BCUT2D eigenvalue weighted by Crippen LogP contribution is 2.15. The molecule has 0 saturated heterocycles. The summed E-state index contributed by atoms with van der Waals surface area (Å²) >= 11 is 0. The highest BCUT2D eigenvalue weighted by atomic mass is 19.2. The van der Waals surface area contributed by atoms with Crippen LogP contribution in [0.15, 0.2) is 12.1 Å². The summed E-state index contributed by atoms with van der Waals surface area (Å²) in [4.78, 5) is 22.5. The van der Waals surface area contributed by atoms with Gasteiger partial charge in [0.1, 0.15) is 0 Å². The Labute approximate surface area is 113 Å². The fraction of sp³-hybridized carbons (Fsp3) is 0.385. The Morgan fingerprint density at radius 2 is 1.90 bits per heavy atom. The average molecular weight is 289 g/mol. The van der Waals surface area contributed by atoms with Crippen LogP contribution in [-0.4, -0.2) is 23.5 Å². The van der Waals surface area contributed by atoms with E-state index in [2.05, 4.69) is 5.32 Å². The molecular formula is C13H14F3NO3. The lowest BCUT2D eigenvalue weighted by Crippen LogP contribution is -2.33. The number of carboxylic acid groups (broad SMARTS) is 1. The van der Waals surface area contributed by atoms with Gasteiger partial charge in [-0.2, -0.15) is 0 Å². The zero-order chi connectivity index (χ0) is 15.3. The smallest absolute Gasteiger partial charge is 0.308 e. The third kappa shape index (κ3) is 3.72. The van der Waals surface area contributed by atoms with Crippen molar-refractivity contribution in [3.05, 3.63) is 35.1 Å². The van der Waals surface area contributed by atoms with E-state index in [0.717, 1.165) is 6.07 Å². The molecule has 4 nitrogen and oxygen atoms in total. The molecule has 110 valence electrons. The molecule has 2 N–H and O–H groups in total. The molecule has 0 fully saturated rings. The predicted molar refractivity (Wildman–Crippen MR) is 64.7 cm³/mol. The maximum absolute atomic E-state index is 13.4. The second-order valence-corrected chi connectivity index (χ2v) is 4.26. The predicted octanol–water partition coefficient (Wildman–Crippen LogP) is 2.33. The Balaban J connectivity index is 2.77. The minimum Gasteiger partial charge on any atom is -0.481 e. The maximum Gasteiger partial charge on any atom is 0.308 e. The van der Waals surface area contributed by atoms with Crippen LogP contribution in [0.5, 0.6) is 0 Å². The first-order chi connectivity index (χ1) is 9.38. The molecule has 0 aliphatic carbocycles. The van der Waals surface area contributed by atoms with Gasteiger partial charge in [-0.3, -0.25) is 9.59 Å². The molecule has 0 radical (unpaired) electrons. The minimum absolute atomic E-state index is 0.208. The van der Waals surface area contributed by atoms with Gasteiger partial charge in [0.2, 0.25) is 0 Å². The summed E-state index contributed by atoms with van der Waals surface area (Å²) in [5.74, 6) is -7.60. The van der Waals surface area contributed by atoms with Crippen LogP contribution in [0.4, 0.5) is 13.2 Å². The third-order valence-corrected chi connectivity index (χ3v) is 2.78. The molecular weight excluding hydrogens is 275 g/mol. The van der Waals surface area contributed by atoms with Crippen molar-refractivity contribution < 1.29 is 27.9 Å². The fourth-order valence-electron chi connectivity index (χ4n) is 1.67. The first-order valence-electron chi connectivity index (χ1n) is 6.03. The zero-order valence-corrected chi connectivity index (χ0v) is 10.8. The van der Waals surface area contributed by atoms with Crippen molar-refractivity contribution in [3.8, 4) is 0 Å². The number of benzene rings is 1. The van der Waals surface area contributed by atoms with E-state index in [1.165, 1.54) is 0 Å². The van der Waals surface area contributed by atoms with Crippen LogP contribution >= 0.6 is 0 Å². The SMILES string of the molecule is CCCC(CNC(=O)c1ccc(F)c(F)c1F)C(=O)O. The molecule has 7 heteroatoms. The van der Waals surface area contributed by atoms with Crippen LogP contribution in [0.25, 0.3) is 0 Å². The summed E-state index contributed by atoms with van der Waals surface area (Å²) in [6.45, 7) is 1.58. The number of halogens is 3. The molecule has 20 heavy (non-hydrogen) atoms. The summed E-state index contributed by atoms with van der Waals surface area (Å²) < 4.78 is 39.0. The van der Waals surface area contributed by atoms with Crippen LogP contribution in [0.3, 0.4) is 0 Å². The van der Waals surface area contributed by atoms with Gasteiger partial charge in [0.25, 0.3) is 5.91 Å². The Kier molecular flexibility index (Phi) is 5.54. The van der Waals surface area contributed by atoms with E-state index in [9.17, 15) is 22.8 Å². The molecule has 1 unspecified atom stereocenters. The van der Waals surface area contributed by atoms with E-state index >= 15 is 0 Å². The molecule has 0 bridgehead atoms. The van der Waals surface area contributed by atoms with Gasteiger partial charge in [0.15, 0.2) is 17.5 Å². The van der Waals surface area contributed by atoms with Gasteiger partial charge in [0, 0.05) is 6.54 Å². The number of carbonyl (C=O) groups is 2. The molecule has 0 spiro atoms. The molecule has 1 rings (SSSR count). The lowest BCUT2D eigenvalue weighted by Gasteiger charge is -2.12. The molecule has 1 aromatic carbocycles. The molecule has 0 saturated carbocycles. The molecule has 1 atom stereocenters. The topological polar surface area (TPSA) is 66.4 Å². The number of hydrogen-bond donors (Lipinski definition) is 2. The van der Waals surface area contributed by atoms with Gasteiger partial charge >= 0.3 is 5.97 Å². The first-order valence-corrected chi connectivity index (χ1v) is 6.03. The number of carbonyl (C=O) groups excluding carboxylic acids is 1. The number of aliphatic carboxylic acids is 1. The largest absolute Gasteiger partial charge is 0.481 e. The number of hydrogen-bond acceptors (Lipinski definition) is 2. The normalized spacial score (nSPS) is 12.0. The van der Waals surface area contributed by atoms with Crippen LogP contribution in [0.1, 0.15) is 30.1 Å². The quantitative estimate of drug-likeness (QED) is 0.790. The van der Waals surface area contributed by atoms with Crippen molar-refractivity contribution >= 4 is 11.9 Å². The molecule has 0 aliphatic rings. The Hall–Kier alpha value is -2.05. The van der Waals surface area contributed by atoms with Crippen LogP contribution in [0.2, 0.25) is 0 Å². The maximum atomic E-state index is 13.4. The molecule has 0 aromatic heterocycles. The Bertz CT molecular complexity index is 520. The lowest BCUT2D eigenvalue weighted by molar-refractivity contribution is -0.141. The summed E-state index contributed by atoms with van der Waals surface area (Å²) in [5.41, 5.74) is -0.662. The van der Waals surface area contributed by atoms with Gasteiger partial charge in [-0.1, -0.05) is 13.3 Å². The molecule has 1 aromatic rings. The highest BCUT2D eigenvalue weighted by Gasteiger charge is 2.21. The minimum atomic E-state index is -1.74. The van der Waals surface area contributed by atoms with E-state index in [0.29, 0.717) is 18.9 Å². The summed E-state index contributed by atoms with van der Waals surface area (Å²) in [7, 11) is 0. The van der Waals surface area contributed by atoms with Gasteiger partial charge in [-0.05, 0) is 18.6 Å². The van der Waals surface area contributed by atoms with Crippen molar-refractivity contribution in [1.82, 2.24) is 5.32 Å². The first kappa shape index (κ1) is 16.0. The number of carboxylic acids is 1. The fourth-order valence-corrected chi connectivity index (χ4v) is 1.67. The van der Waals surface area contributed by atoms with Crippen LogP contribution in [-0.2, 0) is 4.79 Å². The van der Waals surface area contributed by atoms with Crippen molar-refractivity contribution in [3.63, 3.8) is 0 Å². The Morgan fingerprint density at radius 1 is 1.25 bits per heavy atom. The lowest BCUT2D eigenvalue weighted by atomic mass is 10.0. The second kappa shape index (κ2) is 6.93. The van der Waals surface area contributed by atoms with Crippen molar-refractivity contribution in [2.24, 2.45) is 5.92 Å². The standard InChI is InChI=1S/C13H14F3NO3/c1-2-3-7(13(19)20)6-17-12(18)8-4-5-9(14)11(16)10(8)15/h4-5,7H,2-3,6H2,1H3,(H,17,18)(H,19,20). The summed E-state index contributed by atoms with van der Waals surface area (Å²) in [6.07, 6.45) is 0.947. The van der Waals surface area contributed by atoms with E-state index in [1.54, 1.807) is 6.92 Å².